The molecular formula is C18H24N2O. The van der Waals surface area contributed by atoms with Gasteiger partial charge < -0.3 is 9.88 Å². The van der Waals surface area contributed by atoms with E-state index in [1.807, 2.05) is 25.2 Å². The molecule has 0 radical (unpaired) electrons. The van der Waals surface area contributed by atoms with E-state index >= 15 is 0 Å². The Labute approximate surface area is 126 Å². The van der Waals surface area contributed by atoms with E-state index in [9.17, 15) is 4.79 Å². The van der Waals surface area contributed by atoms with Crippen LogP contribution in [0.3, 0.4) is 0 Å². The van der Waals surface area contributed by atoms with E-state index in [-0.39, 0.29) is 11.0 Å². The SMILES string of the molecule is Cn1c(=O)cc(NC2CCCCC2(C)C)c2ccccc21. The maximum atomic E-state index is 12.2. The van der Waals surface area contributed by atoms with E-state index in [0.29, 0.717) is 6.04 Å². The van der Waals surface area contributed by atoms with Crippen LogP contribution in [-0.4, -0.2) is 10.6 Å². The highest BCUT2D eigenvalue weighted by Gasteiger charge is 2.32. The fraction of sp³-hybridized carbons (Fsp3) is 0.500. The predicted octanol–water partition coefficient (Wildman–Crippen LogP) is 3.92. The minimum absolute atomic E-state index is 0.0461. The molecule has 1 fully saturated rings. The summed E-state index contributed by atoms with van der Waals surface area (Å²) in [5, 5.41) is 4.79. The number of para-hydroxylation sites is 1. The fourth-order valence-corrected chi connectivity index (χ4v) is 3.48. The summed E-state index contributed by atoms with van der Waals surface area (Å²) < 4.78 is 1.71. The molecular weight excluding hydrogens is 260 g/mol. The minimum atomic E-state index is 0.0461. The van der Waals surface area contributed by atoms with Crippen molar-refractivity contribution in [3.05, 3.63) is 40.7 Å². The molecule has 0 bridgehead atoms. The van der Waals surface area contributed by atoms with Crippen LogP contribution in [0.5, 0.6) is 0 Å². The van der Waals surface area contributed by atoms with Crippen LogP contribution >= 0.6 is 0 Å². The molecule has 1 aromatic carbocycles. The third-order valence-electron chi connectivity index (χ3n) is 4.99. The van der Waals surface area contributed by atoms with Crippen LogP contribution < -0.4 is 10.9 Å². The molecule has 1 unspecified atom stereocenters. The van der Waals surface area contributed by atoms with E-state index in [1.54, 1.807) is 10.6 Å². The van der Waals surface area contributed by atoms with E-state index < -0.39 is 0 Å². The van der Waals surface area contributed by atoms with Gasteiger partial charge in [-0.2, -0.15) is 0 Å². The van der Waals surface area contributed by atoms with Gasteiger partial charge in [0.25, 0.3) is 5.56 Å². The predicted molar refractivity (Wildman–Crippen MR) is 88.8 cm³/mol. The molecule has 1 aromatic heterocycles. The first-order valence-electron chi connectivity index (χ1n) is 7.84. The Morgan fingerprint density at radius 2 is 2.00 bits per heavy atom. The molecule has 2 aromatic rings. The summed E-state index contributed by atoms with van der Waals surface area (Å²) in [4.78, 5) is 12.2. The molecule has 21 heavy (non-hydrogen) atoms. The summed E-state index contributed by atoms with van der Waals surface area (Å²) in [5.74, 6) is 0. The molecule has 112 valence electrons. The number of benzene rings is 1. The summed E-state index contributed by atoms with van der Waals surface area (Å²) in [7, 11) is 1.83. The van der Waals surface area contributed by atoms with Gasteiger partial charge in [0.1, 0.15) is 0 Å². The Morgan fingerprint density at radius 3 is 2.76 bits per heavy atom. The van der Waals surface area contributed by atoms with Gasteiger partial charge in [0.05, 0.1) is 5.52 Å². The Balaban J connectivity index is 2.05. The summed E-state index contributed by atoms with van der Waals surface area (Å²) in [5.41, 5.74) is 2.29. The first-order valence-corrected chi connectivity index (χ1v) is 7.84. The van der Waals surface area contributed by atoms with Crippen LogP contribution in [0.15, 0.2) is 35.1 Å². The van der Waals surface area contributed by atoms with E-state index in [4.69, 9.17) is 0 Å². The van der Waals surface area contributed by atoms with Crippen molar-refractivity contribution in [3.63, 3.8) is 0 Å². The van der Waals surface area contributed by atoms with Gasteiger partial charge in [-0.15, -0.1) is 0 Å². The van der Waals surface area contributed by atoms with Gasteiger partial charge >= 0.3 is 0 Å². The summed E-state index contributed by atoms with van der Waals surface area (Å²) in [6, 6.07) is 10.3. The van der Waals surface area contributed by atoms with Gasteiger partial charge in [-0.25, -0.2) is 0 Å². The van der Waals surface area contributed by atoms with Crippen molar-refractivity contribution in [3.8, 4) is 0 Å². The maximum absolute atomic E-state index is 12.2. The molecule has 3 nitrogen and oxygen atoms in total. The zero-order valence-electron chi connectivity index (χ0n) is 13.1. The lowest BCUT2D eigenvalue weighted by Gasteiger charge is -2.39. The molecule has 1 aliphatic rings. The highest BCUT2D eigenvalue weighted by atomic mass is 16.1. The topological polar surface area (TPSA) is 34.0 Å². The first-order chi connectivity index (χ1) is 9.99. The number of anilines is 1. The molecule has 1 aliphatic carbocycles. The molecule has 3 heteroatoms. The van der Waals surface area contributed by atoms with Crippen LogP contribution in [0.25, 0.3) is 10.9 Å². The molecule has 0 spiro atoms. The number of fused-ring (bicyclic) bond motifs is 1. The van der Waals surface area contributed by atoms with E-state index in [2.05, 4.69) is 25.2 Å². The van der Waals surface area contributed by atoms with Crippen molar-refractivity contribution in [1.29, 1.82) is 0 Å². The zero-order valence-corrected chi connectivity index (χ0v) is 13.1. The quantitative estimate of drug-likeness (QED) is 0.907. The van der Waals surface area contributed by atoms with Crippen molar-refractivity contribution in [1.82, 2.24) is 4.57 Å². The summed E-state index contributed by atoms with van der Waals surface area (Å²) in [6.45, 7) is 4.65. The van der Waals surface area contributed by atoms with Crippen molar-refractivity contribution >= 4 is 16.6 Å². The third-order valence-corrected chi connectivity index (χ3v) is 4.99. The lowest BCUT2D eigenvalue weighted by atomic mass is 9.73. The van der Waals surface area contributed by atoms with Crippen LogP contribution in [0.2, 0.25) is 0 Å². The monoisotopic (exact) mass is 284 g/mol. The Kier molecular flexibility index (Phi) is 3.52. The van der Waals surface area contributed by atoms with Crippen LogP contribution in [0.4, 0.5) is 5.69 Å². The lowest BCUT2D eigenvalue weighted by Crippen LogP contribution is -2.39. The number of nitrogens with zero attached hydrogens (tertiary/aromatic N) is 1. The number of hydrogen-bond donors (Lipinski definition) is 1. The van der Waals surface area contributed by atoms with E-state index in [1.165, 1.54) is 25.7 Å². The maximum Gasteiger partial charge on any atom is 0.252 e. The number of hydrogen-bond acceptors (Lipinski definition) is 2. The highest BCUT2D eigenvalue weighted by Crippen LogP contribution is 2.38. The standard InChI is InChI=1S/C18H24N2O/c1-18(2)11-7-6-10-16(18)19-14-12-17(21)20(3)15-9-5-4-8-13(14)15/h4-5,8-9,12,16,19H,6-7,10-11H2,1-3H3. The largest absolute Gasteiger partial charge is 0.381 e. The van der Waals surface area contributed by atoms with Gasteiger partial charge in [0.15, 0.2) is 0 Å². The van der Waals surface area contributed by atoms with Gasteiger partial charge in [-0.05, 0) is 24.3 Å². The average Bonchev–Trinajstić information content (AvgIpc) is 2.46. The van der Waals surface area contributed by atoms with Gasteiger partial charge in [0, 0.05) is 30.2 Å². The van der Waals surface area contributed by atoms with Crippen molar-refractivity contribution in [2.75, 3.05) is 5.32 Å². The molecule has 0 saturated heterocycles. The summed E-state index contributed by atoms with van der Waals surface area (Å²) in [6.07, 6.45) is 5.00. The fourth-order valence-electron chi connectivity index (χ4n) is 3.48. The molecule has 1 saturated carbocycles. The number of aryl methyl sites for hydroxylation is 1. The third kappa shape index (κ3) is 2.57. The Bertz CT molecular complexity index is 715. The minimum Gasteiger partial charge on any atom is -0.381 e. The lowest BCUT2D eigenvalue weighted by molar-refractivity contribution is 0.217. The van der Waals surface area contributed by atoms with Gasteiger partial charge in [-0.1, -0.05) is 44.9 Å². The van der Waals surface area contributed by atoms with Crippen molar-refractivity contribution in [2.24, 2.45) is 12.5 Å². The normalized spacial score (nSPS) is 21.4. The van der Waals surface area contributed by atoms with Crippen LogP contribution in [0, 0.1) is 5.41 Å². The van der Waals surface area contributed by atoms with Crippen molar-refractivity contribution in [2.45, 2.75) is 45.6 Å². The molecule has 0 amide bonds. The molecule has 1 atom stereocenters. The second-order valence-corrected chi connectivity index (χ2v) is 6.90. The molecule has 0 aliphatic heterocycles. The number of pyridine rings is 1. The Morgan fingerprint density at radius 1 is 1.24 bits per heavy atom. The van der Waals surface area contributed by atoms with Crippen LogP contribution in [-0.2, 0) is 7.05 Å². The second kappa shape index (κ2) is 5.21. The average molecular weight is 284 g/mol. The number of nitrogens with one attached hydrogen (secondary N) is 1. The number of rotatable bonds is 2. The molecule has 3 rings (SSSR count). The van der Waals surface area contributed by atoms with Crippen molar-refractivity contribution < 1.29 is 0 Å². The molecule has 1 N–H and O–H groups in total. The van der Waals surface area contributed by atoms with E-state index in [0.717, 1.165) is 16.6 Å². The Hall–Kier alpha value is -1.77. The highest BCUT2D eigenvalue weighted by molar-refractivity contribution is 5.91. The van der Waals surface area contributed by atoms with Gasteiger partial charge in [-0.3, -0.25) is 4.79 Å². The second-order valence-electron chi connectivity index (χ2n) is 6.90. The summed E-state index contributed by atoms with van der Waals surface area (Å²) >= 11 is 0. The van der Waals surface area contributed by atoms with Crippen LogP contribution in [0.1, 0.15) is 39.5 Å². The smallest absolute Gasteiger partial charge is 0.252 e. The zero-order chi connectivity index (χ0) is 15.0. The number of aromatic nitrogens is 1. The first kappa shape index (κ1) is 14.2. The molecule has 1 heterocycles. The van der Waals surface area contributed by atoms with Gasteiger partial charge in [0.2, 0.25) is 0 Å².